The molecule has 1 N–H and O–H groups in total. The molecule has 0 bridgehead atoms. The molecule has 0 spiro atoms. The third-order valence-electron chi connectivity index (χ3n) is 6.63. The van der Waals surface area contributed by atoms with Gasteiger partial charge >= 0.3 is 12.8 Å². The highest BCUT2D eigenvalue weighted by Crippen LogP contribution is 2.43. The van der Waals surface area contributed by atoms with Crippen molar-refractivity contribution in [3.05, 3.63) is 87.7 Å². The molecule has 2 aromatic heterocycles. The molecule has 0 radical (unpaired) electrons. The van der Waals surface area contributed by atoms with E-state index in [-0.39, 0.29) is 56.1 Å². The minimum atomic E-state index is -4.90. The fourth-order valence-electron chi connectivity index (χ4n) is 4.68. The van der Waals surface area contributed by atoms with Crippen molar-refractivity contribution < 1.29 is 49.0 Å². The lowest BCUT2D eigenvalue weighted by Crippen LogP contribution is -2.08. The number of aliphatic hydroxyl groups excluding tert-OH is 1. The van der Waals surface area contributed by atoms with E-state index in [9.17, 15) is 35.5 Å². The summed E-state index contributed by atoms with van der Waals surface area (Å²) in [6.45, 7) is -2.56. The predicted molar refractivity (Wildman–Crippen MR) is 155 cm³/mol. The lowest BCUT2D eigenvalue weighted by Gasteiger charge is -2.14. The summed E-state index contributed by atoms with van der Waals surface area (Å²) < 4.78 is 117. The number of alkyl halides is 5. The van der Waals surface area contributed by atoms with Gasteiger partial charge in [0.25, 0.3) is 0 Å². The van der Waals surface area contributed by atoms with Gasteiger partial charge in [0.15, 0.2) is 27.2 Å². The van der Waals surface area contributed by atoms with E-state index in [1.165, 1.54) is 37.3 Å². The van der Waals surface area contributed by atoms with Gasteiger partial charge in [0.05, 0.1) is 33.4 Å². The summed E-state index contributed by atoms with van der Waals surface area (Å²) in [6, 6.07) is 9.79. The van der Waals surface area contributed by atoms with Gasteiger partial charge in [-0.2, -0.15) is 27.1 Å². The number of halogens is 8. The second kappa shape index (κ2) is 12.3. The largest absolute Gasteiger partial charge is 0.440 e. The molecule has 0 fully saturated rings. The number of rotatable bonds is 8. The van der Waals surface area contributed by atoms with Crippen molar-refractivity contribution >= 4 is 33.0 Å². The van der Waals surface area contributed by atoms with Crippen LogP contribution >= 0.6 is 23.2 Å². The van der Waals surface area contributed by atoms with Crippen LogP contribution in [0.1, 0.15) is 17.1 Å². The number of hydrogen-bond acceptors (Lipinski definition) is 7. The Hall–Kier alpha value is -4.05. The van der Waals surface area contributed by atoms with Crippen LogP contribution in [0.15, 0.2) is 64.0 Å². The summed E-state index contributed by atoms with van der Waals surface area (Å²) in [5, 5.41) is 12.4. The van der Waals surface area contributed by atoms with Crippen molar-refractivity contribution in [3.63, 3.8) is 0 Å². The molecular formula is C29H19Cl2F6N3O5S. The SMILES string of the molecule is Cc1nc(-c2ccc(OC(F)F)cc2Cl)c(-c2cc(-c3cc(F)c(CO)c(S(C)(=O)=O)c3)ccc2-n2cc(Cl)c(C(F)(F)F)n2)o1. The van der Waals surface area contributed by atoms with Crippen LogP contribution in [0.2, 0.25) is 10.0 Å². The van der Waals surface area contributed by atoms with Gasteiger partial charge in [0.1, 0.15) is 17.3 Å². The molecule has 46 heavy (non-hydrogen) atoms. The molecule has 0 atom stereocenters. The van der Waals surface area contributed by atoms with E-state index < -0.39 is 56.2 Å². The fourth-order valence-corrected chi connectivity index (χ4v) is 6.13. The number of ether oxygens (including phenoxy) is 1. The Morgan fingerprint density at radius 1 is 1.02 bits per heavy atom. The van der Waals surface area contributed by atoms with Gasteiger partial charge in [0.2, 0.25) is 0 Å². The van der Waals surface area contributed by atoms with Crippen LogP contribution in [0.4, 0.5) is 26.3 Å². The maximum Gasteiger partial charge on any atom is 0.436 e. The Balaban J connectivity index is 1.78. The fraction of sp³-hybridized carbons (Fsp3) is 0.172. The number of sulfone groups is 1. The van der Waals surface area contributed by atoms with Crippen LogP contribution in [-0.2, 0) is 22.6 Å². The molecule has 242 valence electrons. The molecular weight excluding hydrogens is 687 g/mol. The monoisotopic (exact) mass is 705 g/mol. The Labute approximate surface area is 266 Å². The van der Waals surface area contributed by atoms with Crippen LogP contribution in [0.3, 0.4) is 0 Å². The standard InChI is InChI=1S/C29H19Cl2F6N3O5S/c1-13-38-25(17-5-4-16(10-20(17)30)45-28(33)34)26(44-13)18-7-14(15-8-22(32)19(12-41)24(9-15)46(2,42)43)3-6-23(18)40-11-21(31)27(39-40)29(35,36)37/h3-11,28,41H,12H2,1-2H3. The molecule has 0 aliphatic carbocycles. The predicted octanol–water partition coefficient (Wildman–Crippen LogP) is 8.13. The van der Waals surface area contributed by atoms with Gasteiger partial charge in [-0.05, 0) is 53.6 Å². The van der Waals surface area contributed by atoms with Gasteiger partial charge in [-0.3, -0.25) is 0 Å². The molecule has 5 aromatic rings. The third kappa shape index (κ3) is 6.58. The lowest BCUT2D eigenvalue weighted by molar-refractivity contribution is -0.141. The number of aryl methyl sites for hydroxylation is 1. The van der Waals surface area contributed by atoms with Crippen molar-refractivity contribution in [2.75, 3.05) is 6.26 Å². The van der Waals surface area contributed by atoms with E-state index in [2.05, 4.69) is 14.8 Å². The summed E-state index contributed by atoms with van der Waals surface area (Å²) in [5.41, 5.74) is -1.42. The Morgan fingerprint density at radius 2 is 1.74 bits per heavy atom. The van der Waals surface area contributed by atoms with E-state index >= 15 is 4.39 Å². The van der Waals surface area contributed by atoms with Crippen LogP contribution < -0.4 is 4.74 Å². The van der Waals surface area contributed by atoms with E-state index in [1.54, 1.807) is 0 Å². The summed E-state index contributed by atoms with van der Waals surface area (Å²) in [5.74, 6) is -1.28. The topological polar surface area (TPSA) is 107 Å². The maximum absolute atomic E-state index is 15.0. The summed E-state index contributed by atoms with van der Waals surface area (Å²) in [7, 11) is -4.02. The highest BCUT2D eigenvalue weighted by molar-refractivity contribution is 7.90. The van der Waals surface area contributed by atoms with Crippen molar-refractivity contribution in [3.8, 4) is 45.1 Å². The van der Waals surface area contributed by atoms with E-state index in [1.807, 2.05) is 0 Å². The van der Waals surface area contributed by atoms with Gasteiger partial charge in [-0.15, -0.1) is 0 Å². The molecule has 0 aliphatic heterocycles. The number of benzene rings is 3. The Kier molecular flexibility index (Phi) is 8.90. The second-order valence-electron chi connectivity index (χ2n) is 9.80. The number of hydrogen-bond donors (Lipinski definition) is 1. The molecule has 0 unspecified atom stereocenters. The second-order valence-corrected chi connectivity index (χ2v) is 12.6. The van der Waals surface area contributed by atoms with Crippen LogP contribution in [0.5, 0.6) is 5.75 Å². The van der Waals surface area contributed by atoms with E-state index in [0.29, 0.717) is 0 Å². The van der Waals surface area contributed by atoms with Gasteiger partial charge in [-0.1, -0.05) is 29.3 Å². The van der Waals surface area contributed by atoms with Crippen LogP contribution in [-0.4, -0.2) is 41.2 Å². The summed E-state index contributed by atoms with van der Waals surface area (Å²) in [6.07, 6.45) is -3.16. The zero-order valence-corrected chi connectivity index (χ0v) is 25.7. The van der Waals surface area contributed by atoms with Crippen molar-refractivity contribution in [2.45, 2.75) is 31.2 Å². The molecule has 0 amide bonds. The molecule has 3 aromatic carbocycles. The average Bonchev–Trinajstić information content (AvgIpc) is 3.54. The molecule has 8 nitrogen and oxygen atoms in total. The first-order valence-electron chi connectivity index (χ1n) is 12.8. The number of aliphatic hydroxyl groups is 1. The minimum Gasteiger partial charge on any atom is -0.440 e. The smallest absolute Gasteiger partial charge is 0.436 e. The van der Waals surface area contributed by atoms with Crippen molar-refractivity contribution in [1.82, 2.24) is 14.8 Å². The summed E-state index contributed by atoms with van der Waals surface area (Å²) >= 11 is 12.3. The third-order valence-corrected chi connectivity index (χ3v) is 8.38. The molecule has 0 saturated heterocycles. The molecule has 5 rings (SSSR count). The molecule has 0 aliphatic rings. The summed E-state index contributed by atoms with van der Waals surface area (Å²) in [4.78, 5) is 3.87. The van der Waals surface area contributed by atoms with Crippen molar-refractivity contribution in [1.29, 1.82) is 0 Å². The zero-order valence-electron chi connectivity index (χ0n) is 23.3. The van der Waals surface area contributed by atoms with E-state index in [0.717, 1.165) is 35.3 Å². The Morgan fingerprint density at radius 3 is 2.33 bits per heavy atom. The molecule has 0 saturated carbocycles. The average molecular weight is 706 g/mol. The van der Waals surface area contributed by atoms with Gasteiger partial charge < -0.3 is 14.3 Å². The maximum atomic E-state index is 15.0. The Bertz CT molecular complexity index is 2080. The minimum absolute atomic E-state index is 0.0249. The van der Waals surface area contributed by atoms with E-state index in [4.69, 9.17) is 27.6 Å². The molecule has 17 heteroatoms. The van der Waals surface area contributed by atoms with Crippen LogP contribution in [0.25, 0.3) is 39.4 Å². The highest BCUT2D eigenvalue weighted by Gasteiger charge is 2.37. The molecule has 2 heterocycles. The lowest BCUT2D eigenvalue weighted by atomic mass is 9.97. The number of oxazole rings is 1. The number of aromatic nitrogens is 3. The van der Waals surface area contributed by atoms with Crippen LogP contribution in [0, 0.1) is 12.7 Å². The normalized spacial score (nSPS) is 12.3. The number of nitrogens with zero attached hydrogens (tertiary/aromatic N) is 3. The first kappa shape index (κ1) is 33.3. The highest BCUT2D eigenvalue weighted by atomic mass is 35.5. The van der Waals surface area contributed by atoms with Crippen molar-refractivity contribution in [2.24, 2.45) is 0 Å². The first-order chi connectivity index (χ1) is 21.5. The van der Waals surface area contributed by atoms with Gasteiger partial charge in [0, 0.05) is 29.9 Å². The first-order valence-corrected chi connectivity index (χ1v) is 15.5. The van der Waals surface area contributed by atoms with Gasteiger partial charge in [-0.25, -0.2) is 22.5 Å². The zero-order chi connectivity index (χ0) is 33.7. The quantitative estimate of drug-likeness (QED) is 0.163.